The minimum absolute atomic E-state index is 0.119. The Morgan fingerprint density at radius 2 is 1.91 bits per heavy atom. The Morgan fingerprint density at radius 3 is 2.52 bits per heavy atom. The fourth-order valence-corrected chi connectivity index (χ4v) is 1.97. The summed E-state index contributed by atoms with van der Waals surface area (Å²) >= 11 is 5.74. The molecule has 0 aliphatic rings. The van der Waals surface area contributed by atoms with Crippen LogP contribution >= 0.6 is 11.6 Å². The van der Waals surface area contributed by atoms with E-state index < -0.39 is 11.9 Å². The first-order valence-electron chi connectivity index (χ1n) is 6.49. The van der Waals surface area contributed by atoms with Crippen LogP contribution in [0.2, 0.25) is 5.02 Å². The van der Waals surface area contributed by atoms with Gasteiger partial charge in [0.25, 0.3) is 0 Å². The molecule has 8 heteroatoms. The Hall–Kier alpha value is -2.67. The molecule has 1 heterocycles. The summed E-state index contributed by atoms with van der Waals surface area (Å²) in [6.45, 7) is 1.21. The third-order valence-corrected chi connectivity index (χ3v) is 3.22. The van der Waals surface area contributed by atoms with Gasteiger partial charge < -0.3 is 19.4 Å². The number of benzene rings is 1. The van der Waals surface area contributed by atoms with Crippen molar-refractivity contribution in [3.63, 3.8) is 0 Å². The molecular formula is C15H13ClN2O5. The molecule has 0 saturated carbocycles. The number of hydrogen-bond acceptors (Lipinski definition) is 7. The van der Waals surface area contributed by atoms with Crippen molar-refractivity contribution in [1.82, 2.24) is 5.16 Å². The summed E-state index contributed by atoms with van der Waals surface area (Å²) in [4.78, 5) is 23.5. The fraction of sp³-hybridized carbons (Fsp3) is 0.200. The van der Waals surface area contributed by atoms with Crippen LogP contribution in [0.25, 0.3) is 0 Å². The highest BCUT2D eigenvalue weighted by Gasteiger charge is 2.24. The number of aryl methyl sites for hydroxylation is 1. The second kappa shape index (κ2) is 7.06. The van der Waals surface area contributed by atoms with Crippen molar-refractivity contribution in [1.29, 1.82) is 5.41 Å². The Kier molecular flexibility index (Phi) is 5.13. The largest absolute Gasteiger partial charge is 0.464 e. The third-order valence-electron chi connectivity index (χ3n) is 2.97. The van der Waals surface area contributed by atoms with Gasteiger partial charge in [0.15, 0.2) is 0 Å². The van der Waals surface area contributed by atoms with Crippen molar-refractivity contribution in [3.8, 4) is 0 Å². The van der Waals surface area contributed by atoms with Crippen LogP contribution in [0.1, 0.15) is 32.2 Å². The normalized spacial score (nSPS) is 10.2. The van der Waals surface area contributed by atoms with E-state index in [1.807, 2.05) is 0 Å². The molecule has 1 N–H and O–H groups in total. The van der Waals surface area contributed by atoms with E-state index in [4.69, 9.17) is 26.3 Å². The number of methoxy groups -OCH3 is 1. The summed E-state index contributed by atoms with van der Waals surface area (Å²) in [5, 5.41) is 12.0. The van der Waals surface area contributed by atoms with Crippen molar-refractivity contribution in [2.45, 2.75) is 6.92 Å². The molecule has 0 amide bonds. The SMILES string of the molecule is COC(=O)c1noc(C)c1C(=N)COC(=O)c1ccc(Cl)cc1. The number of nitrogens with one attached hydrogen (secondary N) is 1. The van der Waals surface area contributed by atoms with E-state index in [-0.39, 0.29) is 29.3 Å². The molecule has 0 saturated heterocycles. The monoisotopic (exact) mass is 336 g/mol. The number of carbonyl (C=O) groups excluding carboxylic acids is 2. The third kappa shape index (κ3) is 3.75. The van der Waals surface area contributed by atoms with Crippen LogP contribution in [0.4, 0.5) is 0 Å². The molecule has 2 rings (SSSR count). The summed E-state index contributed by atoms with van der Waals surface area (Å²) in [5.41, 5.74) is 0.210. The minimum atomic E-state index is -0.731. The lowest BCUT2D eigenvalue weighted by atomic mass is 10.1. The van der Waals surface area contributed by atoms with E-state index in [1.165, 1.54) is 19.2 Å². The standard InChI is InChI=1S/C15H13ClN2O5/c1-8-12(13(18-23-8)15(20)21-2)11(17)7-22-14(19)9-3-5-10(16)6-4-9/h3-6,17H,7H2,1-2H3. The highest BCUT2D eigenvalue weighted by Crippen LogP contribution is 2.16. The van der Waals surface area contributed by atoms with Gasteiger partial charge in [0.1, 0.15) is 12.4 Å². The number of halogens is 1. The maximum atomic E-state index is 11.9. The van der Waals surface area contributed by atoms with Crippen molar-refractivity contribution < 1.29 is 23.6 Å². The predicted octanol–water partition coefficient (Wildman–Crippen LogP) is 2.65. The van der Waals surface area contributed by atoms with Crippen molar-refractivity contribution in [3.05, 3.63) is 51.9 Å². The molecule has 1 aromatic heterocycles. The van der Waals surface area contributed by atoms with E-state index in [0.29, 0.717) is 10.6 Å². The van der Waals surface area contributed by atoms with Gasteiger partial charge in [-0.25, -0.2) is 9.59 Å². The number of aromatic nitrogens is 1. The highest BCUT2D eigenvalue weighted by atomic mass is 35.5. The Morgan fingerprint density at radius 1 is 1.26 bits per heavy atom. The van der Waals surface area contributed by atoms with E-state index in [2.05, 4.69) is 9.89 Å². The number of hydrogen-bond donors (Lipinski definition) is 1. The Bertz CT molecular complexity index is 752. The Labute approximate surface area is 136 Å². The van der Waals surface area contributed by atoms with Gasteiger partial charge in [-0.2, -0.15) is 0 Å². The second-order valence-electron chi connectivity index (χ2n) is 4.52. The molecule has 1 aromatic carbocycles. The number of carbonyl (C=O) groups is 2. The van der Waals surface area contributed by atoms with Crippen LogP contribution in [-0.2, 0) is 9.47 Å². The highest BCUT2D eigenvalue weighted by molar-refractivity contribution is 6.30. The van der Waals surface area contributed by atoms with Crippen LogP contribution in [0.5, 0.6) is 0 Å². The summed E-state index contributed by atoms with van der Waals surface area (Å²) in [6, 6.07) is 6.14. The summed E-state index contributed by atoms with van der Waals surface area (Å²) in [7, 11) is 1.19. The molecular weight excluding hydrogens is 324 g/mol. The molecule has 0 bridgehead atoms. The van der Waals surface area contributed by atoms with E-state index >= 15 is 0 Å². The molecule has 0 unspecified atom stereocenters. The lowest BCUT2D eigenvalue weighted by molar-refractivity contribution is 0.0562. The zero-order valence-electron chi connectivity index (χ0n) is 12.4. The summed E-state index contributed by atoms with van der Waals surface area (Å²) in [5.74, 6) is -1.08. The van der Waals surface area contributed by atoms with Crippen LogP contribution < -0.4 is 0 Å². The topological polar surface area (TPSA) is 102 Å². The van der Waals surface area contributed by atoms with Crippen molar-refractivity contribution >= 4 is 29.3 Å². The van der Waals surface area contributed by atoms with Gasteiger partial charge in [-0.1, -0.05) is 16.8 Å². The molecule has 120 valence electrons. The van der Waals surface area contributed by atoms with Gasteiger partial charge >= 0.3 is 11.9 Å². The molecule has 23 heavy (non-hydrogen) atoms. The van der Waals surface area contributed by atoms with Crippen molar-refractivity contribution in [2.24, 2.45) is 0 Å². The van der Waals surface area contributed by atoms with Crippen LogP contribution in [-0.4, -0.2) is 36.5 Å². The zero-order valence-corrected chi connectivity index (χ0v) is 13.1. The average Bonchev–Trinajstić information content (AvgIpc) is 2.94. The number of nitrogens with zero attached hydrogens (tertiary/aromatic N) is 1. The maximum absolute atomic E-state index is 11.9. The maximum Gasteiger partial charge on any atom is 0.360 e. The van der Waals surface area contributed by atoms with E-state index in [1.54, 1.807) is 19.1 Å². The molecule has 7 nitrogen and oxygen atoms in total. The van der Waals surface area contributed by atoms with E-state index in [0.717, 1.165) is 0 Å². The van der Waals surface area contributed by atoms with Gasteiger partial charge in [0.05, 0.1) is 23.9 Å². The van der Waals surface area contributed by atoms with Gasteiger partial charge in [0.2, 0.25) is 5.69 Å². The molecule has 0 aliphatic heterocycles. The molecule has 0 radical (unpaired) electrons. The van der Waals surface area contributed by atoms with Gasteiger partial charge in [-0.05, 0) is 31.2 Å². The average molecular weight is 337 g/mol. The van der Waals surface area contributed by atoms with E-state index in [9.17, 15) is 9.59 Å². The smallest absolute Gasteiger partial charge is 0.360 e. The summed E-state index contributed by atoms with van der Waals surface area (Å²) < 4.78 is 14.5. The number of ether oxygens (including phenoxy) is 2. The van der Waals surface area contributed by atoms with Gasteiger partial charge in [0, 0.05) is 5.02 Å². The zero-order chi connectivity index (χ0) is 17.0. The van der Waals surface area contributed by atoms with Gasteiger partial charge in [-0.3, -0.25) is 0 Å². The first-order valence-corrected chi connectivity index (χ1v) is 6.87. The quantitative estimate of drug-likeness (QED) is 0.665. The minimum Gasteiger partial charge on any atom is -0.464 e. The van der Waals surface area contributed by atoms with Crippen LogP contribution in [0.3, 0.4) is 0 Å². The molecule has 0 fully saturated rings. The first-order chi connectivity index (χ1) is 10.9. The predicted molar refractivity (Wildman–Crippen MR) is 81.1 cm³/mol. The number of esters is 2. The molecule has 0 atom stereocenters. The van der Waals surface area contributed by atoms with Crippen LogP contribution in [0.15, 0.2) is 28.8 Å². The van der Waals surface area contributed by atoms with Gasteiger partial charge in [-0.15, -0.1) is 0 Å². The fourth-order valence-electron chi connectivity index (χ4n) is 1.84. The Balaban J connectivity index is 2.08. The van der Waals surface area contributed by atoms with Crippen molar-refractivity contribution in [2.75, 3.05) is 13.7 Å². The second-order valence-corrected chi connectivity index (χ2v) is 4.95. The first kappa shape index (κ1) is 16.7. The number of rotatable bonds is 5. The molecule has 2 aromatic rings. The lowest BCUT2D eigenvalue weighted by Gasteiger charge is -2.06. The summed E-state index contributed by atoms with van der Waals surface area (Å²) in [6.07, 6.45) is 0. The molecule has 0 spiro atoms. The lowest BCUT2D eigenvalue weighted by Crippen LogP contribution is -2.17. The molecule has 0 aliphatic carbocycles. The van der Waals surface area contributed by atoms with Crippen LogP contribution in [0, 0.1) is 12.3 Å².